The molecule has 0 aromatic heterocycles. The number of nitrogens with zero attached hydrogens (tertiary/aromatic N) is 3. The molecule has 1 saturated heterocycles. The molecule has 1 N–H and O–H groups in total. The van der Waals surface area contributed by atoms with Crippen molar-refractivity contribution in [2.24, 2.45) is 0 Å². The number of esters is 1. The van der Waals surface area contributed by atoms with Crippen LogP contribution in [0.2, 0.25) is 0 Å². The molecule has 1 unspecified atom stereocenters. The standard InChI is InChI=1S/C26H38N4O6/c1-6-22(31)29-13-9-12-28(14-15-29)17-19-23(25(32)36-8-3)24(27-26(33)30(19)7-2)18-10-11-20(34-4)21(16-18)35-5/h10-11,16,24H,6-9,12-15,17H2,1-5H3,(H,27,33). The van der Waals surface area contributed by atoms with E-state index < -0.39 is 12.0 Å². The van der Waals surface area contributed by atoms with Crippen LogP contribution in [0.3, 0.4) is 0 Å². The Hall–Kier alpha value is -3.27. The first-order chi connectivity index (χ1) is 17.4. The van der Waals surface area contributed by atoms with Crippen molar-refractivity contribution in [3.63, 3.8) is 0 Å². The molecule has 3 rings (SSSR count). The van der Waals surface area contributed by atoms with Crippen LogP contribution in [0.1, 0.15) is 45.2 Å². The van der Waals surface area contributed by atoms with E-state index in [0.29, 0.717) is 67.5 Å². The van der Waals surface area contributed by atoms with Gasteiger partial charge in [-0.1, -0.05) is 13.0 Å². The summed E-state index contributed by atoms with van der Waals surface area (Å²) in [5.74, 6) is 0.726. The van der Waals surface area contributed by atoms with Gasteiger partial charge in [-0.15, -0.1) is 0 Å². The molecular weight excluding hydrogens is 464 g/mol. The molecule has 1 atom stereocenters. The second-order valence-corrected chi connectivity index (χ2v) is 8.69. The van der Waals surface area contributed by atoms with Gasteiger partial charge in [0, 0.05) is 51.4 Å². The first kappa shape index (κ1) is 27.3. The lowest BCUT2D eigenvalue weighted by atomic mass is 9.93. The smallest absolute Gasteiger partial charge is 0.338 e. The average Bonchev–Trinajstić information content (AvgIpc) is 3.13. The van der Waals surface area contributed by atoms with Crippen LogP contribution in [0.4, 0.5) is 4.79 Å². The van der Waals surface area contributed by atoms with E-state index in [1.807, 2.05) is 24.8 Å². The molecule has 10 heteroatoms. The van der Waals surface area contributed by atoms with Crippen molar-refractivity contribution in [2.75, 3.05) is 60.1 Å². The summed E-state index contributed by atoms with van der Waals surface area (Å²) < 4.78 is 16.3. The number of likely N-dealkylation sites (N-methyl/N-ethyl adjacent to an activating group) is 1. The molecule has 0 radical (unpaired) electrons. The van der Waals surface area contributed by atoms with E-state index in [4.69, 9.17) is 14.2 Å². The molecule has 198 valence electrons. The van der Waals surface area contributed by atoms with Gasteiger partial charge in [0.05, 0.1) is 32.4 Å². The van der Waals surface area contributed by atoms with Crippen LogP contribution in [0.15, 0.2) is 29.5 Å². The molecule has 0 bridgehead atoms. The monoisotopic (exact) mass is 502 g/mol. The summed E-state index contributed by atoms with van der Waals surface area (Å²) in [5, 5.41) is 2.98. The Morgan fingerprint density at radius 1 is 1.03 bits per heavy atom. The zero-order chi connectivity index (χ0) is 26.2. The van der Waals surface area contributed by atoms with Crippen LogP contribution in [-0.4, -0.2) is 92.7 Å². The SMILES string of the molecule is CCOC(=O)C1=C(CN2CCCN(C(=O)CC)CC2)N(CC)C(=O)NC1c1ccc(OC)c(OC)c1. The van der Waals surface area contributed by atoms with E-state index in [0.717, 1.165) is 13.0 Å². The quantitative estimate of drug-likeness (QED) is 0.518. The van der Waals surface area contributed by atoms with Crippen molar-refractivity contribution in [1.29, 1.82) is 0 Å². The number of urea groups is 1. The summed E-state index contributed by atoms with van der Waals surface area (Å²) in [5.41, 5.74) is 1.71. The maximum atomic E-state index is 13.3. The number of nitrogens with one attached hydrogen (secondary N) is 1. The van der Waals surface area contributed by atoms with E-state index in [9.17, 15) is 14.4 Å². The molecule has 0 spiro atoms. The van der Waals surface area contributed by atoms with Gasteiger partial charge in [-0.25, -0.2) is 9.59 Å². The van der Waals surface area contributed by atoms with Gasteiger partial charge in [0.1, 0.15) is 0 Å². The Morgan fingerprint density at radius 2 is 1.78 bits per heavy atom. The van der Waals surface area contributed by atoms with Crippen molar-refractivity contribution >= 4 is 17.9 Å². The molecule has 0 saturated carbocycles. The highest BCUT2D eigenvalue weighted by atomic mass is 16.5. The number of amides is 3. The molecular formula is C26H38N4O6. The topological polar surface area (TPSA) is 101 Å². The number of hydrogen-bond acceptors (Lipinski definition) is 7. The van der Waals surface area contributed by atoms with Gasteiger partial charge in [-0.2, -0.15) is 0 Å². The lowest BCUT2D eigenvalue weighted by molar-refractivity contribution is -0.139. The van der Waals surface area contributed by atoms with Crippen molar-refractivity contribution in [3.05, 3.63) is 35.0 Å². The van der Waals surface area contributed by atoms with Gasteiger partial charge >= 0.3 is 12.0 Å². The van der Waals surface area contributed by atoms with Crippen LogP contribution in [0.25, 0.3) is 0 Å². The maximum absolute atomic E-state index is 13.3. The summed E-state index contributed by atoms with van der Waals surface area (Å²) in [6.45, 7) is 9.26. The Bertz CT molecular complexity index is 995. The van der Waals surface area contributed by atoms with Crippen LogP contribution in [0, 0.1) is 0 Å². The highest BCUT2D eigenvalue weighted by Crippen LogP contribution is 2.36. The molecule has 0 aliphatic carbocycles. The zero-order valence-electron chi connectivity index (χ0n) is 22.0. The largest absolute Gasteiger partial charge is 0.493 e. The van der Waals surface area contributed by atoms with E-state index >= 15 is 0 Å². The van der Waals surface area contributed by atoms with Crippen LogP contribution in [-0.2, 0) is 14.3 Å². The van der Waals surface area contributed by atoms with Crippen molar-refractivity contribution in [2.45, 2.75) is 39.7 Å². The second kappa shape index (κ2) is 12.6. The van der Waals surface area contributed by atoms with E-state index in [1.165, 1.54) is 0 Å². The lowest BCUT2D eigenvalue weighted by Crippen LogP contribution is -2.51. The number of rotatable bonds is 9. The Morgan fingerprint density at radius 3 is 2.42 bits per heavy atom. The van der Waals surface area contributed by atoms with E-state index in [1.54, 1.807) is 38.2 Å². The summed E-state index contributed by atoms with van der Waals surface area (Å²) in [4.78, 5) is 44.5. The summed E-state index contributed by atoms with van der Waals surface area (Å²) in [7, 11) is 3.09. The number of hydrogen-bond donors (Lipinski definition) is 1. The first-order valence-corrected chi connectivity index (χ1v) is 12.6. The second-order valence-electron chi connectivity index (χ2n) is 8.69. The van der Waals surface area contributed by atoms with Crippen LogP contribution in [0.5, 0.6) is 11.5 Å². The molecule has 2 aliphatic rings. The van der Waals surface area contributed by atoms with Crippen molar-refractivity contribution in [3.8, 4) is 11.5 Å². The number of ether oxygens (including phenoxy) is 3. The number of carbonyl (C=O) groups excluding carboxylic acids is 3. The van der Waals surface area contributed by atoms with Crippen LogP contribution < -0.4 is 14.8 Å². The van der Waals surface area contributed by atoms with E-state index in [-0.39, 0.29) is 18.5 Å². The van der Waals surface area contributed by atoms with E-state index in [2.05, 4.69) is 10.2 Å². The number of methoxy groups -OCH3 is 2. The Balaban J connectivity index is 2.03. The summed E-state index contributed by atoms with van der Waals surface area (Å²) >= 11 is 0. The van der Waals surface area contributed by atoms with Gasteiger partial charge in [0.2, 0.25) is 5.91 Å². The first-order valence-electron chi connectivity index (χ1n) is 12.6. The molecule has 2 aliphatic heterocycles. The number of benzene rings is 1. The zero-order valence-corrected chi connectivity index (χ0v) is 22.0. The van der Waals surface area contributed by atoms with Gasteiger partial charge in [-0.3, -0.25) is 14.6 Å². The summed E-state index contributed by atoms with van der Waals surface area (Å²) in [6.07, 6.45) is 1.31. The highest BCUT2D eigenvalue weighted by Gasteiger charge is 2.38. The van der Waals surface area contributed by atoms with Gasteiger partial charge in [-0.05, 0) is 38.0 Å². The lowest BCUT2D eigenvalue weighted by Gasteiger charge is -2.38. The van der Waals surface area contributed by atoms with Crippen molar-refractivity contribution < 1.29 is 28.6 Å². The van der Waals surface area contributed by atoms with Crippen LogP contribution >= 0.6 is 0 Å². The van der Waals surface area contributed by atoms with Gasteiger partial charge in [0.25, 0.3) is 0 Å². The highest BCUT2D eigenvalue weighted by molar-refractivity contribution is 5.95. The Labute approximate surface area is 213 Å². The third-order valence-electron chi connectivity index (χ3n) is 6.61. The third-order valence-corrected chi connectivity index (χ3v) is 6.61. The predicted octanol–water partition coefficient (Wildman–Crippen LogP) is 2.55. The van der Waals surface area contributed by atoms with Gasteiger partial charge < -0.3 is 24.4 Å². The molecule has 1 aromatic carbocycles. The van der Waals surface area contributed by atoms with Gasteiger partial charge in [0.15, 0.2) is 11.5 Å². The fourth-order valence-electron chi connectivity index (χ4n) is 4.75. The Kier molecular flexibility index (Phi) is 9.58. The fourth-order valence-corrected chi connectivity index (χ4v) is 4.75. The number of carbonyl (C=O) groups is 3. The molecule has 1 fully saturated rings. The van der Waals surface area contributed by atoms with Crippen molar-refractivity contribution in [1.82, 2.24) is 20.0 Å². The third kappa shape index (κ3) is 5.92. The molecule has 10 nitrogen and oxygen atoms in total. The minimum Gasteiger partial charge on any atom is -0.493 e. The molecule has 3 amide bonds. The predicted molar refractivity (Wildman–Crippen MR) is 135 cm³/mol. The fraction of sp³-hybridized carbons (Fsp3) is 0.577. The normalized spacial score (nSPS) is 19.0. The average molecular weight is 503 g/mol. The minimum absolute atomic E-state index is 0.143. The minimum atomic E-state index is -0.709. The molecule has 1 aromatic rings. The summed E-state index contributed by atoms with van der Waals surface area (Å²) in [6, 6.07) is 4.34. The maximum Gasteiger partial charge on any atom is 0.338 e. The molecule has 36 heavy (non-hydrogen) atoms. The molecule has 2 heterocycles.